The van der Waals surface area contributed by atoms with E-state index >= 15 is 0 Å². The molecule has 9 N–H and O–H groups in total. The van der Waals surface area contributed by atoms with Crippen molar-refractivity contribution in [3.05, 3.63) is 34.4 Å². The molecule has 0 unspecified atom stereocenters. The molecule has 3 rings (SSSR count). The quantitative estimate of drug-likeness (QED) is 0.0878. The molecule has 2 aliphatic heterocycles. The minimum Gasteiger partial charge on any atom is -0.463 e. The second-order valence-electron chi connectivity index (χ2n) is 8.90. The van der Waals surface area contributed by atoms with E-state index in [4.69, 9.17) is 24.1 Å². The van der Waals surface area contributed by atoms with E-state index < -0.39 is 104 Å². The molecular weight excluding hydrogens is 546 g/mol. The van der Waals surface area contributed by atoms with Crippen LogP contribution in [0.4, 0.5) is 5.69 Å². The summed E-state index contributed by atoms with van der Waals surface area (Å²) >= 11 is 0. The van der Waals surface area contributed by atoms with Crippen LogP contribution in [0.25, 0.3) is 0 Å². The number of nitrogens with one attached hydrogen (secondary N) is 2. The Balaban J connectivity index is 1.88. The Morgan fingerprint density at radius 2 is 1.35 bits per heavy atom. The molecule has 40 heavy (non-hydrogen) atoms. The van der Waals surface area contributed by atoms with Crippen LogP contribution in [-0.2, 0) is 23.8 Å². The first kappa shape index (κ1) is 31.5. The van der Waals surface area contributed by atoms with Crippen molar-refractivity contribution in [1.29, 1.82) is 0 Å². The first-order valence-electron chi connectivity index (χ1n) is 12.0. The highest BCUT2D eigenvalue weighted by molar-refractivity contribution is 5.77. The molecule has 1 aromatic rings. The van der Waals surface area contributed by atoms with Gasteiger partial charge < -0.3 is 65.3 Å². The molecule has 18 heteroatoms. The summed E-state index contributed by atoms with van der Waals surface area (Å²) in [4.78, 5) is 34.1. The topological polar surface area (TPSA) is 280 Å². The normalized spacial score (nSPS) is 34.1. The Hall–Kier alpha value is -3.04. The standard InChI is InChI=1S/C22H31N3O15/c26-5-11-17(32)18(33)15(23-13(30)7-28)22(38-11)40-20-12(6-27)39-21(16(19(20)34)24-14(31)8-29)37-10-3-1-9(2-4-10)25(35)36/h1-4,11-12,15-22,26-29,32-34H,5-8H2,(H,23,30)(H,24,31)/t11-,12-,15-,16-,17-,18-,19-,20-,21-,22+/m1/s1. The number of nitro groups is 1. The van der Waals surface area contributed by atoms with Gasteiger partial charge in [-0.15, -0.1) is 0 Å². The van der Waals surface area contributed by atoms with Crippen LogP contribution in [0, 0.1) is 10.1 Å². The number of nitrogens with zero attached hydrogens (tertiary/aromatic N) is 1. The number of rotatable bonds is 11. The van der Waals surface area contributed by atoms with E-state index in [-0.39, 0.29) is 11.4 Å². The summed E-state index contributed by atoms with van der Waals surface area (Å²) < 4.78 is 22.6. The maximum absolute atomic E-state index is 12.0. The third-order valence-electron chi connectivity index (χ3n) is 6.27. The number of amides is 2. The summed E-state index contributed by atoms with van der Waals surface area (Å²) in [5.41, 5.74) is -0.243. The van der Waals surface area contributed by atoms with Gasteiger partial charge in [0.1, 0.15) is 67.7 Å². The van der Waals surface area contributed by atoms with E-state index in [1.165, 1.54) is 12.1 Å². The van der Waals surface area contributed by atoms with Gasteiger partial charge in [-0.1, -0.05) is 0 Å². The van der Waals surface area contributed by atoms with Gasteiger partial charge in [-0.2, -0.15) is 0 Å². The summed E-state index contributed by atoms with van der Waals surface area (Å²) in [5.74, 6) is -1.93. The van der Waals surface area contributed by atoms with Crippen LogP contribution >= 0.6 is 0 Å². The number of nitro benzene ring substituents is 1. The lowest BCUT2D eigenvalue weighted by Gasteiger charge is -2.48. The molecule has 10 atom stereocenters. The van der Waals surface area contributed by atoms with E-state index in [1.807, 2.05) is 0 Å². The summed E-state index contributed by atoms with van der Waals surface area (Å²) in [6, 6.07) is 1.68. The number of hydrogen-bond acceptors (Lipinski definition) is 15. The minimum absolute atomic E-state index is 0.0207. The maximum Gasteiger partial charge on any atom is 0.269 e. The highest BCUT2D eigenvalue weighted by atomic mass is 16.7. The zero-order valence-electron chi connectivity index (χ0n) is 20.8. The van der Waals surface area contributed by atoms with Gasteiger partial charge in [0.05, 0.1) is 18.1 Å². The molecule has 224 valence electrons. The molecule has 2 heterocycles. The van der Waals surface area contributed by atoms with Crippen molar-refractivity contribution in [2.45, 2.75) is 61.3 Å². The fraction of sp³-hybridized carbons (Fsp3) is 0.636. The van der Waals surface area contributed by atoms with Crippen molar-refractivity contribution in [3.8, 4) is 5.75 Å². The molecule has 0 saturated carbocycles. The van der Waals surface area contributed by atoms with Crippen molar-refractivity contribution in [1.82, 2.24) is 10.6 Å². The lowest BCUT2D eigenvalue weighted by Crippen LogP contribution is -2.70. The fourth-order valence-corrected chi connectivity index (χ4v) is 4.24. The number of non-ortho nitro benzene ring substituents is 1. The average molecular weight is 577 g/mol. The number of aliphatic hydroxyl groups excluding tert-OH is 7. The van der Waals surface area contributed by atoms with Crippen LogP contribution in [0.2, 0.25) is 0 Å². The summed E-state index contributed by atoms with van der Waals surface area (Å²) in [5, 5.41) is 85.2. The van der Waals surface area contributed by atoms with Crippen LogP contribution in [0.1, 0.15) is 0 Å². The van der Waals surface area contributed by atoms with Gasteiger partial charge in [-0.3, -0.25) is 19.7 Å². The molecule has 0 spiro atoms. The molecule has 2 amide bonds. The molecule has 0 radical (unpaired) electrons. The van der Waals surface area contributed by atoms with Gasteiger partial charge in [0.25, 0.3) is 5.69 Å². The van der Waals surface area contributed by atoms with Gasteiger partial charge in [0, 0.05) is 12.1 Å². The van der Waals surface area contributed by atoms with E-state index in [9.17, 15) is 50.3 Å². The van der Waals surface area contributed by atoms with Gasteiger partial charge in [-0.05, 0) is 12.1 Å². The van der Waals surface area contributed by atoms with Crippen LogP contribution in [-0.4, -0.2) is 140 Å². The second-order valence-corrected chi connectivity index (χ2v) is 8.90. The number of hydrogen-bond donors (Lipinski definition) is 9. The molecule has 2 aliphatic rings. The monoisotopic (exact) mass is 577 g/mol. The Bertz CT molecular complexity index is 1010. The Morgan fingerprint density at radius 1 is 0.825 bits per heavy atom. The highest BCUT2D eigenvalue weighted by Gasteiger charge is 2.52. The van der Waals surface area contributed by atoms with Gasteiger partial charge in [0.2, 0.25) is 18.1 Å². The number of carbonyl (C=O) groups excluding carboxylic acids is 2. The van der Waals surface area contributed by atoms with Crippen molar-refractivity contribution >= 4 is 17.5 Å². The van der Waals surface area contributed by atoms with Crippen molar-refractivity contribution < 1.29 is 69.2 Å². The van der Waals surface area contributed by atoms with E-state index in [0.717, 1.165) is 12.1 Å². The average Bonchev–Trinajstić information content (AvgIpc) is 2.95. The summed E-state index contributed by atoms with van der Waals surface area (Å²) in [6.45, 7) is -3.59. The van der Waals surface area contributed by atoms with Crippen molar-refractivity contribution in [2.24, 2.45) is 0 Å². The molecule has 0 aromatic heterocycles. The first-order valence-corrected chi connectivity index (χ1v) is 12.0. The second kappa shape index (κ2) is 14.0. The van der Waals surface area contributed by atoms with Crippen LogP contribution in [0.15, 0.2) is 24.3 Å². The van der Waals surface area contributed by atoms with Gasteiger partial charge in [-0.25, -0.2) is 0 Å². The predicted molar refractivity (Wildman–Crippen MR) is 126 cm³/mol. The van der Waals surface area contributed by atoms with Gasteiger partial charge in [0.15, 0.2) is 6.29 Å². The molecule has 0 aliphatic carbocycles. The van der Waals surface area contributed by atoms with Gasteiger partial charge >= 0.3 is 0 Å². The van der Waals surface area contributed by atoms with Crippen LogP contribution in [0.3, 0.4) is 0 Å². The largest absolute Gasteiger partial charge is 0.463 e. The molecular formula is C22H31N3O15. The van der Waals surface area contributed by atoms with E-state index in [1.54, 1.807) is 0 Å². The third kappa shape index (κ3) is 7.18. The zero-order valence-corrected chi connectivity index (χ0v) is 20.8. The van der Waals surface area contributed by atoms with Crippen molar-refractivity contribution in [2.75, 3.05) is 26.4 Å². The third-order valence-corrected chi connectivity index (χ3v) is 6.27. The lowest BCUT2D eigenvalue weighted by atomic mass is 9.94. The summed E-state index contributed by atoms with van der Waals surface area (Å²) in [6.07, 6.45) is -12.8. The minimum atomic E-state index is -1.78. The highest BCUT2D eigenvalue weighted by Crippen LogP contribution is 2.31. The van der Waals surface area contributed by atoms with Crippen molar-refractivity contribution in [3.63, 3.8) is 0 Å². The predicted octanol–water partition coefficient (Wildman–Crippen LogP) is -5.17. The number of aliphatic hydroxyl groups is 7. The number of carbonyl (C=O) groups is 2. The maximum atomic E-state index is 12.0. The first-order chi connectivity index (χ1) is 19.0. The molecule has 1 aromatic carbocycles. The molecule has 2 saturated heterocycles. The van der Waals surface area contributed by atoms with E-state index in [2.05, 4.69) is 10.6 Å². The fourth-order valence-electron chi connectivity index (χ4n) is 4.24. The Labute approximate surface area is 225 Å². The molecule has 2 fully saturated rings. The summed E-state index contributed by atoms with van der Waals surface area (Å²) in [7, 11) is 0. The SMILES string of the molecule is O=C(CO)N[C@H]1[C@H](Oc2ccc([N+](=O)[O-])cc2)O[C@H](CO)[C@@H](O[C@@H]2O[C@H](CO)[C@@H](O)[C@H](O)[C@H]2NC(=O)CO)[C@@H]1O. The van der Waals surface area contributed by atoms with Crippen LogP contribution in [0.5, 0.6) is 5.75 Å². The Kier molecular flexibility index (Phi) is 11.0. The number of benzene rings is 1. The molecule has 18 nitrogen and oxygen atoms in total. The lowest BCUT2D eigenvalue weighted by molar-refractivity contribution is -0.384. The smallest absolute Gasteiger partial charge is 0.269 e. The van der Waals surface area contributed by atoms with E-state index in [0.29, 0.717) is 0 Å². The number of ether oxygens (including phenoxy) is 4. The molecule has 0 bridgehead atoms. The Morgan fingerprint density at radius 3 is 1.85 bits per heavy atom. The van der Waals surface area contributed by atoms with Crippen LogP contribution < -0.4 is 15.4 Å². The zero-order chi connectivity index (χ0) is 29.6.